The van der Waals surface area contributed by atoms with Gasteiger partial charge in [0.15, 0.2) is 11.5 Å². The number of rotatable bonds is 10. The Bertz CT molecular complexity index is 669. The number of methoxy groups -OCH3 is 1. The molecule has 0 fully saturated rings. The SMILES string of the molecule is CCC(Br)CCCCOc1ccc2cc(OC(C)C)ccc2c1OC. The molecule has 0 aliphatic rings. The molecule has 0 spiro atoms. The molecule has 2 aromatic carbocycles. The highest BCUT2D eigenvalue weighted by Crippen LogP contribution is 2.37. The van der Waals surface area contributed by atoms with Crippen LogP contribution in [0, 0.1) is 0 Å². The Hall–Kier alpha value is -1.42. The molecule has 2 rings (SSSR count). The van der Waals surface area contributed by atoms with E-state index in [9.17, 15) is 0 Å². The molecule has 0 aliphatic heterocycles. The second-order valence-corrected chi connectivity index (χ2v) is 7.79. The first-order valence-electron chi connectivity index (χ1n) is 9.09. The highest BCUT2D eigenvalue weighted by molar-refractivity contribution is 9.09. The van der Waals surface area contributed by atoms with Crippen LogP contribution in [0.2, 0.25) is 0 Å². The molecule has 0 heterocycles. The first-order valence-corrected chi connectivity index (χ1v) is 10.0. The molecule has 0 radical (unpaired) electrons. The van der Waals surface area contributed by atoms with E-state index in [2.05, 4.69) is 28.9 Å². The van der Waals surface area contributed by atoms with Crippen molar-refractivity contribution < 1.29 is 14.2 Å². The van der Waals surface area contributed by atoms with Crippen molar-refractivity contribution >= 4 is 26.7 Å². The molecule has 4 heteroatoms. The lowest BCUT2D eigenvalue weighted by molar-refractivity contribution is 0.242. The zero-order valence-corrected chi connectivity index (χ0v) is 17.3. The maximum atomic E-state index is 5.97. The average Bonchev–Trinajstić information content (AvgIpc) is 2.60. The summed E-state index contributed by atoms with van der Waals surface area (Å²) in [6, 6.07) is 10.1. The zero-order chi connectivity index (χ0) is 18.2. The van der Waals surface area contributed by atoms with Crippen LogP contribution in [-0.4, -0.2) is 24.6 Å². The maximum absolute atomic E-state index is 5.97. The molecule has 3 nitrogen and oxygen atoms in total. The summed E-state index contributed by atoms with van der Waals surface area (Å²) in [5.41, 5.74) is 0. The van der Waals surface area contributed by atoms with E-state index in [-0.39, 0.29) is 6.10 Å². The summed E-state index contributed by atoms with van der Waals surface area (Å²) in [5, 5.41) is 2.13. The van der Waals surface area contributed by atoms with Gasteiger partial charge in [-0.05, 0) is 69.2 Å². The van der Waals surface area contributed by atoms with Gasteiger partial charge in [-0.1, -0.05) is 28.9 Å². The van der Waals surface area contributed by atoms with E-state index in [0.717, 1.165) is 40.9 Å². The Balaban J connectivity index is 2.05. The fourth-order valence-corrected chi connectivity index (χ4v) is 3.11. The van der Waals surface area contributed by atoms with E-state index in [1.807, 2.05) is 38.1 Å². The lowest BCUT2D eigenvalue weighted by Gasteiger charge is -2.15. The smallest absolute Gasteiger partial charge is 0.168 e. The number of hydrogen-bond acceptors (Lipinski definition) is 3. The molecule has 0 bridgehead atoms. The van der Waals surface area contributed by atoms with E-state index in [1.165, 1.54) is 12.8 Å². The monoisotopic (exact) mass is 408 g/mol. The van der Waals surface area contributed by atoms with Crippen molar-refractivity contribution in [1.29, 1.82) is 0 Å². The third kappa shape index (κ3) is 5.81. The van der Waals surface area contributed by atoms with Crippen LogP contribution in [0.15, 0.2) is 30.3 Å². The molecule has 2 aromatic rings. The van der Waals surface area contributed by atoms with E-state index in [0.29, 0.717) is 11.4 Å². The number of halogens is 1. The number of benzene rings is 2. The predicted octanol–water partition coefficient (Wildman–Crippen LogP) is 6.36. The van der Waals surface area contributed by atoms with Crippen LogP contribution in [0.1, 0.15) is 46.5 Å². The summed E-state index contributed by atoms with van der Waals surface area (Å²) >= 11 is 3.67. The van der Waals surface area contributed by atoms with Gasteiger partial charge in [0, 0.05) is 10.2 Å². The highest BCUT2D eigenvalue weighted by Gasteiger charge is 2.11. The molecule has 0 saturated heterocycles. The first-order chi connectivity index (χ1) is 12.0. The maximum Gasteiger partial charge on any atom is 0.168 e. The fourth-order valence-electron chi connectivity index (χ4n) is 2.78. The molecule has 0 N–H and O–H groups in total. The molecule has 138 valence electrons. The largest absolute Gasteiger partial charge is 0.492 e. The molecule has 25 heavy (non-hydrogen) atoms. The highest BCUT2D eigenvalue weighted by atomic mass is 79.9. The summed E-state index contributed by atoms with van der Waals surface area (Å²) in [5.74, 6) is 2.47. The third-order valence-corrected chi connectivity index (χ3v) is 5.20. The van der Waals surface area contributed by atoms with Gasteiger partial charge in [-0.25, -0.2) is 0 Å². The minimum Gasteiger partial charge on any atom is -0.492 e. The van der Waals surface area contributed by atoms with Gasteiger partial charge < -0.3 is 14.2 Å². The van der Waals surface area contributed by atoms with Crippen molar-refractivity contribution in [3.05, 3.63) is 30.3 Å². The van der Waals surface area contributed by atoms with Crippen molar-refractivity contribution in [3.8, 4) is 17.2 Å². The number of fused-ring (bicyclic) bond motifs is 1. The van der Waals surface area contributed by atoms with Gasteiger partial charge in [-0.3, -0.25) is 0 Å². The van der Waals surface area contributed by atoms with Crippen LogP contribution in [0.4, 0.5) is 0 Å². The van der Waals surface area contributed by atoms with Crippen LogP contribution in [0.25, 0.3) is 10.8 Å². The summed E-state index contributed by atoms with van der Waals surface area (Å²) in [6.07, 6.45) is 4.73. The third-order valence-electron chi connectivity index (χ3n) is 4.09. The first kappa shape index (κ1) is 19.9. The van der Waals surface area contributed by atoms with E-state index in [1.54, 1.807) is 7.11 Å². The number of hydrogen-bond donors (Lipinski definition) is 0. The van der Waals surface area contributed by atoms with Crippen LogP contribution in [-0.2, 0) is 0 Å². The van der Waals surface area contributed by atoms with Crippen molar-refractivity contribution in [2.45, 2.75) is 57.4 Å². The second kappa shape index (κ2) is 9.91. The molecule has 1 unspecified atom stereocenters. The standard InChI is InChI=1S/C21H29BrO3/c1-5-17(22)8-6-7-13-24-20-12-9-16-14-18(25-15(2)3)10-11-19(16)21(20)23-4/h9-12,14-15,17H,5-8,13H2,1-4H3. The Kier molecular flexibility index (Phi) is 7.89. The molecule has 0 saturated carbocycles. The van der Waals surface area contributed by atoms with Crippen LogP contribution >= 0.6 is 15.9 Å². The molecule has 1 atom stereocenters. The van der Waals surface area contributed by atoms with Gasteiger partial charge in [0.05, 0.1) is 19.8 Å². The Morgan fingerprint density at radius 3 is 2.56 bits per heavy atom. The summed E-state index contributed by atoms with van der Waals surface area (Å²) < 4.78 is 17.4. The van der Waals surface area contributed by atoms with Crippen LogP contribution in [0.5, 0.6) is 17.2 Å². The lowest BCUT2D eigenvalue weighted by atomic mass is 10.1. The van der Waals surface area contributed by atoms with E-state index in [4.69, 9.17) is 14.2 Å². The van der Waals surface area contributed by atoms with Crippen LogP contribution < -0.4 is 14.2 Å². The summed E-state index contributed by atoms with van der Waals surface area (Å²) in [6.45, 7) is 6.97. The molecule has 0 aliphatic carbocycles. The normalized spacial score (nSPS) is 12.4. The van der Waals surface area contributed by atoms with Gasteiger partial charge in [0.2, 0.25) is 0 Å². The van der Waals surface area contributed by atoms with Gasteiger partial charge in [-0.2, -0.15) is 0 Å². The minimum atomic E-state index is 0.161. The molecular weight excluding hydrogens is 380 g/mol. The van der Waals surface area contributed by atoms with Crippen LogP contribution in [0.3, 0.4) is 0 Å². The Labute approximate surface area is 159 Å². The van der Waals surface area contributed by atoms with Crippen molar-refractivity contribution in [2.24, 2.45) is 0 Å². The quantitative estimate of drug-likeness (QED) is 0.338. The zero-order valence-electron chi connectivity index (χ0n) is 15.7. The lowest BCUT2D eigenvalue weighted by Crippen LogP contribution is -2.05. The minimum absolute atomic E-state index is 0.161. The average molecular weight is 409 g/mol. The van der Waals surface area contributed by atoms with Crippen molar-refractivity contribution in [3.63, 3.8) is 0 Å². The van der Waals surface area contributed by atoms with Crippen molar-refractivity contribution in [2.75, 3.05) is 13.7 Å². The number of alkyl halides is 1. The summed E-state index contributed by atoms with van der Waals surface area (Å²) in [4.78, 5) is 0.616. The van der Waals surface area contributed by atoms with E-state index < -0.39 is 0 Å². The van der Waals surface area contributed by atoms with Gasteiger partial charge >= 0.3 is 0 Å². The molecular formula is C21H29BrO3. The molecule has 0 aromatic heterocycles. The van der Waals surface area contributed by atoms with Gasteiger partial charge in [-0.15, -0.1) is 0 Å². The topological polar surface area (TPSA) is 27.7 Å². The van der Waals surface area contributed by atoms with Crippen molar-refractivity contribution in [1.82, 2.24) is 0 Å². The number of unbranched alkanes of at least 4 members (excludes halogenated alkanes) is 1. The van der Waals surface area contributed by atoms with E-state index >= 15 is 0 Å². The molecule has 0 amide bonds. The Morgan fingerprint density at radius 1 is 1.08 bits per heavy atom. The Morgan fingerprint density at radius 2 is 1.88 bits per heavy atom. The second-order valence-electron chi connectivity index (χ2n) is 6.50. The van der Waals surface area contributed by atoms with Gasteiger partial charge in [0.1, 0.15) is 5.75 Å². The fraction of sp³-hybridized carbons (Fsp3) is 0.524. The number of ether oxygens (including phenoxy) is 3. The predicted molar refractivity (Wildman–Crippen MR) is 109 cm³/mol. The summed E-state index contributed by atoms with van der Waals surface area (Å²) in [7, 11) is 1.69. The van der Waals surface area contributed by atoms with Gasteiger partial charge in [0.25, 0.3) is 0 Å².